The SMILES string of the molecule is COc1cc2c(cc1OC)CN(C(=O)c1ccc(-c3cccc([N+](=O)[O-])c3)o1)CC2. The van der Waals surface area contributed by atoms with Crippen molar-refractivity contribution in [2.24, 2.45) is 0 Å². The lowest BCUT2D eigenvalue weighted by Crippen LogP contribution is -2.35. The number of rotatable bonds is 5. The molecule has 0 radical (unpaired) electrons. The van der Waals surface area contributed by atoms with Gasteiger partial charge in [0.1, 0.15) is 5.76 Å². The minimum absolute atomic E-state index is 0.0335. The normalized spacial score (nSPS) is 12.9. The van der Waals surface area contributed by atoms with E-state index in [9.17, 15) is 14.9 Å². The van der Waals surface area contributed by atoms with Gasteiger partial charge in [-0.2, -0.15) is 0 Å². The fraction of sp³-hybridized carbons (Fsp3) is 0.227. The molecule has 0 N–H and O–H groups in total. The van der Waals surface area contributed by atoms with Crippen molar-refractivity contribution < 1.29 is 23.6 Å². The average Bonchev–Trinajstić information content (AvgIpc) is 3.27. The van der Waals surface area contributed by atoms with Crippen LogP contribution in [0.4, 0.5) is 5.69 Å². The Morgan fingerprint density at radius 1 is 1.07 bits per heavy atom. The van der Waals surface area contributed by atoms with Gasteiger partial charge in [-0.05, 0) is 41.8 Å². The number of nitro benzene ring substituents is 1. The van der Waals surface area contributed by atoms with E-state index in [1.54, 1.807) is 43.4 Å². The molecule has 0 saturated heterocycles. The second-order valence-corrected chi connectivity index (χ2v) is 6.92. The summed E-state index contributed by atoms with van der Waals surface area (Å²) in [4.78, 5) is 25.2. The summed E-state index contributed by atoms with van der Waals surface area (Å²) in [5, 5.41) is 11.0. The standard InChI is InChI=1S/C22H20N2O6/c1-28-20-11-14-8-9-23(13-16(14)12-21(20)29-2)22(25)19-7-6-18(30-19)15-4-3-5-17(10-15)24(26)27/h3-7,10-12H,8-9,13H2,1-2H3. The number of nitro groups is 1. The molecule has 1 amide bonds. The van der Waals surface area contributed by atoms with Gasteiger partial charge in [0.25, 0.3) is 11.6 Å². The van der Waals surface area contributed by atoms with Crippen LogP contribution in [0, 0.1) is 10.1 Å². The molecule has 0 aliphatic carbocycles. The molecule has 0 bridgehead atoms. The smallest absolute Gasteiger partial charge is 0.289 e. The zero-order chi connectivity index (χ0) is 21.3. The molecular weight excluding hydrogens is 388 g/mol. The first kappa shape index (κ1) is 19.5. The van der Waals surface area contributed by atoms with E-state index >= 15 is 0 Å². The highest BCUT2D eigenvalue weighted by molar-refractivity contribution is 5.92. The van der Waals surface area contributed by atoms with Gasteiger partial charge in [-0.15, -0.1) is 0 Å². The van der Waals surface area contributed by atoms with Gasteiger partial charge in [0.2, 0.25) is 0 Å². The van der Waals surface area contributed by atoms with Gasteiger partial charge in [-0.25, -0.2) is 0 Å². The second kappa shape index (κ2) is 7.90. The number of ether oxygens (including phenoxy) is 2. The van der Waals surface area contributed by atoms with Crippen LogP contribution in [0.1, 0.15) is 21.7 Å². The van der Waals surface area contributed by atoms with E-state index in [4.69, 9.17) is 13.9 Å². The highest BCUT2D eigenvalue weighted by atomic mass is 16.6. The first-order valence-corrected chi connectivity index (χ1v) is 9.38. The van der Waals surface area contributed by atoms with E-state index < -0.39 is 4.92 Å². The number of hydrogen-bond acceptors (Lipinski definition) is 6. The summed E-state index contributed by atoms with van der Waals surface area (Å²) in [6.07, 6.45) is 0.694. The Labute approximate surface area is 172 Å². The van der Waals surface area contributed by atoms with Gasteiger partial charge in [-0.3, -0.25) is 14.9 Å². The summed E-state index contributed by atoms with van der Waals surface area (Å²) in [5.41, 5.74) is 2.63. The van der Waals surface area contributed by atoms with Gasteiger partial charge in [0.05, 0.1) is 19.1 Å². The molecule has 1 aliphatic heterocycles. The highest BCUT2D eigenvalue weighted by Gasteiger charge is 2.26. The van der Waals surface area contributed by atoms with Crippen LogP contribution in [0.5, 0.6) is 11.5 Å². The van der Waals surface area contributed by atoms with Crippen LogP contribution in [0.15, 0.2) is 52.9 Å². The third kappa shape index (κ3) is 3.59. The van der Waals surface area contributed by atoms with E-state index in [-0.39, 0.29) is 17.4 Å². The topological polar surface area (TPSA) is 95.0 Å². The maximum absolute atomic E-state index is 13.0. The number of amides is 1. The van der Waals surface area contributed by atoms with Crippen LogP contribution in [-0.4, -0.2) is 36.5 Å². The van der Waals surface area contributed by atoms with Crippen molar-refractivity contribution in [1.82, 2.24) is 4.90 Å². The van der Waals surface area contributed by atoms with Crippen LogP contribution in [-0.2, 0) is 13.0 Å². The van der Waals surface area contributed by atoms with Crippen molar-refractivity contribution in [2.75, 3.05) is 20.8 Å². The van der Waals surface area contributed by atoms with Gasteiger partial charge < -0.3 is 18.8 Å². The number of methoxy groups -OCH3 is 2. The Kier molecular flexibility index (Phi) is 5.14. The third-order valence-corrected chi connectivity index (χ3v) is 5.16. The molecule has 0 fully saturated rings. The van der Waals surface area contributed by atoms with Crippen molar-refractivity contribution >= 4 is 11.6 Å². The third-order valence-electron chi connectivity index (χ3n) is 5.16. The molecule has 0 saturated carbocycles. The van der Waals surface area contributed by atoms with E-state index in [2.05, 4.69) is 0 Å². The molecule has 8 nitrogen and oxygen atoms in total. The molecule has 2 aromatic carbocycles. The molecule has 30 heavy (non-hydrogen) atoms. The van der Waals surface area contributed by atoms with Crippen molar-refractivity contribution in [2.45, 2.75) is 13.0 Å². The number of benzene rings is 2. The fourth-order valence-corrected chi connectivity index (χ4v) is 3.59. The number of nitrogens with zero attached hydrogens (tertiary/aromatic N) is 2. The van der Waals surface area contributed by atoms with Gasteiger partial charge in [0, 0.05) is 30.8 Å². The maximum Gasteiger partial charge on any atom is 0.289 e. The zero-order valence-electron chi connectivity index (χ0n) is 16.6. The summed E-state index contributed by atoms with van der Waals surface area (Å²) < 4.78 is 16.4. The lowest BCUT2D eigenvalue weighted by Gasteiger charge is -2.29. The monoisotopic (exact) mass is 408 g/mol. The molecule has 4 rings (SSSR count). The number of fused-ring (bicyclic) bond motifs is 1. The molecule has 3 aromatic rings. The lowest BCUT2D eigenvalue weighted by atomic mass is 9.98. The Morgan fingerprint density at radius 2 is 1.80 bits per heavy atom. The van der Waals surface area contributed by atoms with Gasteiger partial charge >= 0.3 is 0 Å². The van der Waals surface area contributed by atoms with Crippen LogP contribution in [0.3, 0.4) is 0 Å². The molecule has 1 aromatic heterocycles. The van der Waals surface area contributed by atoms with Crippen LogP contribution < -0.4 is 9.47 Å². The van der Waals surface area contributed by atoms with E-state index in [0.29, 0.717) is 42.3 Å². The van der Waals surface area contributed by atoms with Crippen molar-refractivity contribution in [3.8, 4) is 22.8 Å². The minimum atomic E-state index is -0.465. The summed E-state index contributed by atoms with van der Waals surface area (Å²) in [6, 6.07) is 13.2. The second-order valence-electron chi connectivity index (χ2n) is 6.92. The zero-order valence-corrected chi connectivity index (χ0v) is 16.6. The van der Waals surface area contributed by atoms with Crippen molar-refractivity contribution in [3.63, 3.8) is 0 Å². The summed E-state index contributed by atoms with van der Waals surface area (Å²) >= 11 is 0. The van der Waals surface area contributed by atoms with Crippen molar-refractivity contribution in [3.05, 3.63) is 75.5 Å². The largest absolute Gasteiger partial charge is 0.493 e. The lowest BCUT2D eigenvalue weighted by molar-refractivity contribution is -0.384. The number of non-ortho nitro benzene ring substituents is 1. The predicted molar refractivity (Wildman–Crippen MR) is 109 cm³/mol. The van der Waals surface area contributed by atoms with Gasteiger partial charge in [0.15, 0.2) is 17.3 Å². The Bertz CT molecular complexity index is 1120. The van der Waals surface area contributed by atoms with E-state index in [1.807, 2.05) is 12.1 Å². The molecule has 0 unspecified atom stereocenters. The minimum Gasteiger partial charge on any atom is -0.493 e. The number of carbonyl (C=O) groups is 1. The number of hydrogen-bond donors (Lipinski definition) is 0. The summed E-state index contributed by atoms with van der Waals surface area (Å²) in [6.45, 7) is 0.982. The van der Waals surface area contributed by atoms with Crippen LogP contribution in [0.25, 0.3) is 11.3 Å². The highest BCUT2D eigenvalue weighted by Crippen LogP contribution is 2.34. The van der Waals surface area contributed by atoms with Crippen molar-refractivity contribution in [1.29, 1.82) is 0 Å². The Hall–Kier alpha value is -3.81. The Morgan fingerprint density at radius 3 is 2.50 bits per heavy atom. The predicted octanol–water partition coefficient (Wildman–Crippen LogP) is 4.07. The fourth-order valence-electron chi connectivity index (χ4n) is 3.59. The molecule has 0 atom stereocenters. The quantitative estimate of drug-likeness (QED) is 0.466. The van der Waals surface area contributed by atoms with E-state index in [1.165, 1.54) is 12.1 Å². The number of furan rings is 1. The van der Waals surface area contributed by atoms with Gasteiger partial charge in [-0.1, -0.05) is 12.1 Å². The molecule has 8 heteroatoms. The summed E-state index contributed by atoms with van der Waals surface area (Å²) in [5.74, 6) is 1.67. The Balaban J connectivity index is 1.55. The molecular formula is C22H20N2O6. The van der Waals surface area contributed by atoms with Crippen LogP contribution in [0.2, 0.25) is 0 Å². The first-order chi connectivity index (χ1) is 14.5. The average molecular weight is 408 g/mol. The molecule has 154 valence electrons. The molecule has 1 aliphatic rings. The number of carbonyl (C=O) groups excluding carboxylic acids is 1. The van der Waals surface area contributed by atoms with E-state index in [0.717, 1.165) is 11.1 Å². The summed E-state index contributed by atoms with van der Waals surface area (Å²) in [7, 11) is 3.17. The first-order valence-electron chi connectivity index (χ1n) is 9.38. The maximum atomic E-state index is 13.0. The molecule has 2 heterocycles. The molecule has 0 spiro atoms. The van der Waals surface area contributed by atoms with Crippen LogP contribution >= 0.6 is 0 Å².